The molecule has 0 saturated carbocycles. The Hall–Kier alpha value is -1.14. The molecule has 2 aromatic heterocycles. The summed E-state index contributed by atoms with van der Waals surface area (Å²) >= 11 is 8.94. The van der Waals surface area contributed by atoms with Gasteiger partial charge in [-0.1, -0.05) is 11.6 Å². The highest BCUT2D eigenvalue weighted by Crippen LogP contribution is 2.13. The van der Waals surface area contributed by atoms with Gasteiger partial charge in [0.1, 0.15) is 4.60 Å². The molecule has 7 heteroatoms. The van der Waals surface area contributed by atoms with Crippen LogP contribution in [0, 0.1) is 0 Å². The van der Waals surface area contributed by atoms with E-state index in [-0.39, 0.29) is 10.6 Å². The van der Waals surface area contributed by atoms with Gasteiger partial charge in [-0.25, -0.2) is 9.67 Å². The number of rotatable bonds is 1. The van der Waals surface area contributed by atoms with Gasteiger partial charge in [0.25, 0.3) is 5.56 Å². The first-order chi connectivity index (χ1) is 6.68. The fourth-order valence-corrected chi connectivity index (χ4v) is 1.43. The molecule has 0 amide bonds. The van der Waals surface area contributed by atoms with Gasteiger partial charge < -0.3 is 4.98 Å². The number of H-pyrrole nitrogens is 1. The van der Waals surface area contributed by atoms with Crippen LogP contribution in [-0.2, 0) is 0 Å². The summed E-state index contributed by atoms with van der Waals surface area (Å²) in [4.78, 5) is 17.4. The molecule has 1 N–H and O–H groups in total. The number of hydrogen-bond acceptors (Lipinski definition) is 3. The number of aromatic amines is 1. The van der Waals surface area contributed by atoms with Crippen molar-refractivity contribution in [2.45, 2.75) is 0 Å². The Balaban J connectivity index is 2.63. The van der Waals surface area contributed by atoms with E-state index in [0.29, 0.717) is 10.4 Å². The number of hydrogen-bond donors (Lipinski definition) is 1. The van der Waals surface area contributed by atoms with Gasteiger partial charge in [0, 0.05) is 6.20 Å². The molecule has 5 nitrogen and oxygen atoms in total. The average Bonchev–Trinajstić information content (AvgIpc) is 2.57. The average molecular weight is 275 g/mol. The third-order valence-corrected chi connectivity index (χ3v) is 2.32. The van der Waals surface area contributed by atoms with Crippen molar-refractivity contribution >= 4 is 27.5 Å². The molecule has 0 aliphatic heterocycles. The van der Waals surface area contributed by atoms with Gasteiger partial charge >= 0.3 is 0 Å². The third kappa shape index (κ3) is 1.58. The molecule has 0 radical (unpaired) electrons. The van der Waals surface area contributed by atoms with Crippen molar-refractivity contribution in [3.05, 3.63) is 38.6 Å². The van der Waals surface area contributed by atoms with Crippen molar-refractivity contribution in [2.75, 3.05) is 0 Å². The summed E-state index contributed by atoms with van der Waals surface area (Å²) in [5, 5.41) is 4.03. The molecule has 0 fully saturated rings. The van der Waals surface area contributed by atoms with Crippen LogP contribution in [0.4, 0.5) is 0 Å². The molecule has 0 atom stereocenters. The highest BCUT2D eigenvalue weighted by molar-refractivity contribution is 9.10. The van der Waals surface area contributed by atoms with Gasteiger partial charge in [-0.3, -0.25) is 4.79 Å². The van der Waals surface area contributed by atoms with E-state index in [0.717, 1.165) is 0 Å². The lowest BCUT2D eigenvalue weighted by Gasteiger charge is -2.00. The Morgan fingerprint density at radius 2 is 2.36 bits per heavy atom. The second kappa shape index (κ2) is 3.55. The molecule has 2 aromatic rings. The van der Waals surface area contributed by atoms with Crippen molar-refractivity contribution in [1.82, 2.24) is 19.7 Å². The van der Waals surface area contributed by atoms with E-state index in [4.69, 9.17) is 11.6 Å². The molecule has 0 aliphatic carbocycles. The summed E-state index contributed by atoms with van der Waals surface area (Å²) in [7, 11) is 0. The van der Waals surface area contributed by atoms with Gasteiger partial charge in [-0.15, -0.1) is 0 Å². The number of aromatic nitrogens is 4. The number of nitrogens with one attached hydrogen (secondary N) is 1. The summed E-state index contributed by atoms with van der Waals surface area (Å²) in [6, 6.07) is 1.72. The Bertz CT molecular complexity index is 520. The minimum atomic E-state index is -0.386. The van der Waals surface area contributed by atoms with E-state index in [9.17, 15) is 4.79 Å². The van der Waals surface area contributed by atoms with Gasteiger partial charge in [0.15, 0.2) is 10.8 Å². The van der Waals surface area contributed by atoms with E-state index in [1.54, 1.807) is 12.3 Å². The Morgan fingerprint density at radius 3 is 3.00 bits per heavy atom. The smallest absolute Gasteiger partial charge is 0.271 e. The molecular formula is C7H4BrClN4O. The summed E-state index contributed by atoms with van der Waals surface area (Å²) in [6.07, 6.45) is 2.93. The van der Waals surface area contributed by atoms with E-state index in [1.807, 2.05) is 0 Å². The van der Waals surface area contributed by atoms with Gasteiger partial charge in [0.2, 0.25) is 0 Å². The summed E-state index contributed by atoms with van der Waals surface area (Å²) in [5.74, 6) is 0.307. The highest BCUT2D eigenvalue weighted by atomic mass is 79.9. The van der Waals surface area contributed by atoms with Gasteiger partial charge in [0.05, 0.1) is 6.33 Å². The molecule has 0 unspecified atom stereocenters. The predicted octanol–water partition coefficient (Wildman–Crippen LogP) is 1.37. The largest absolute Gasteiger partial charge is 0.312 e. The first-order valence-corrected chi connectivity index (χ1v) is 4.80. The molecule has 0 bridgehead atoms. The molecular weight excluding hydrogens is 271 g/mol. The van der Waals surface area contributed by atoms with Crippen LogP contribution in [0.5, 0.6) is 0 Å². The number of nitrogens with zero attached hydrogens (tertiary/aromatic N) is 3. The van der Waals surface area contributed by atoms with Crippen LogP contribution < -0.4 is 5.56 Å². The minimum absolute atomic E-state index is 0.0168. The van der Waals surface area contributed by atoms with Gasteiger partial charge in [-0.05, 0) is 22.0 Å². The van der Waals surface area contributed by atoms with Crippen LogP contribution in [0.15, 0.2) is 28.0 Å². The Morgan fingerprint density at radius 1 is 1.57 bits per heavy atom. The summed E-state index contributed by atoms with van der Waals surface area (Å²) in [6.45, 7) is 0. The zero-order valence-electron chi connectivity index (χ0n) is 6.74. The van der Waals surface area contributed by atoms with E-state index in [1.165, 1.54) is 11.0 Å². The van der Waals surface area contributed by atoms with E-state index >= 15 is 0 Å². The zero-order valence-corrected chi connectivity index (χ0v) is 9.08. The second-order valence-corrected chi connectivity index (χ2v) is 3.64. The normalized spacial score (nSPS) is 10.4. The zero-order chi connectivity index (χ0) is 10.1. The van der Waals surface area contributed by atoms with Crippen molar-refractivity contribution in [3.63, 3.8) is 0 Å². The maximum absolute atomic E-state index is 11.1. The maximum atomic E-state index is 11.1. The fraction of sp³-hybridized carbons (Fsp3) is 0. The third-order valence-electron chi connectivity index (χ3n) is 1.55. The Kier molecular flexibility index (Phi) is 2.39. The van der Waals surface area contributed by atoms with Crippen LogP contribution in [0.25, 0.3) is 5.82 Å². The summed E-state index contributed by atoms with van der Waals surface area (Å²) in [5.41, 5.74) is -0.386. The minimum Gasteiger partial charge on any atom is -0.312 e. The molecule has 0 aliphatic rings. The lowest BCUT2D eigenvalue weighted by Crippen LogP contribution is -2.12. The molecule has 14 heavy (non-hydrogen) atoms. The molecule has 2 heterocycles. The molecule has 0 spiro atoms. The topological polar surface area (TPSA) is 63.6 Å². The van der Waals surface area contributed by atoms with Crippen LogP contribution >= 0.6 is 27.5 Å². The molecule has 72 valence electrons. The fourth-order valence-electron chi connectivity index (χ4n) is 0.953. The maximum Gasteiger partial charge on any atom is 0.271 e. The SMILES string of the molecule is O=c1[nH]cnc(-n2ccc(Br)n2)c1Cl. The monoisotopic (exact) mass is 274 g/mol. The van der Waals surface area contributed by atoms with Crippen molar-refractivity contribution in [3.8, 4) is 5.82 Å². The predicted molar refractivity (Wildman–Crippen MR) is 54.7 cm³/mol. The standard InChI is InChI=1S/C7H4BrClN4O/c8-4-1-2-13(12-4)6-5(9)7(14)11-3-10-6/h1-3H,(H,10,11,14). The lowest BCUT2D eigenvalue weighted by atomic mass is 10.5. The van der Waals surface area contributed by atoms with Crippen LogP contribution in [0.2, 0.25) is 5.02 Å². The molecule has 0 aromatic carbocycles. The highest BCUT2D eigenvalue weighted by Gasteiger charge is 2.08. The quantitative estimate of drug-likeness (QED) is 0.855. The van der Waals surface area contributed by atoms with Crippen molar-refractivity contribution in [1.29, 1.82) is 0 Å². The molecule has 0 saturated heterocycles. The summed E-state index contributed by atoms with van der Waals surface area (Å²) < 4.78 is 2.07. The number of halogens is 2. The van der Waals surface area contributed by atoms with Crippen LogP contribution in [0.1, 0.15) is 0 Å². The Labute approximate surface area is 91.9 Å². The van der Waals surface area contributed by atoms with Gasteiger partial charge in [-0.2, -0.15) is 5.10 Å². The first kappa shape index (κ1) is 9.42. The molecule has 2 rings (SSSR count). The van der Waals surface area contributed by atoms with Crippen molar-refractivity contribution in [2.24, 2.45) is 0 Å². The second-order valence-electron chi connectivity index (χ2n) is 2.45. The van der Waals surface area contributed by atoms with Crippen LogP contribution in [-0.4, -0.2) is 19.7 Å². The first-order valence-electron chi connectivity index (χ1n) is 3.63. The van der Waals surface area contributed by atoms with E-state index < -0.39 is 0 Å². The van der Waals surface area contributed by atoms with E-state index in [2.05, 4.69) is 31.0 Å². The lowest BCUT2D eigenvalue weighted by molar-refractivity contribution is 0.828. The van der Waals surface area contributed by atoms with Crippen LogP contribution in [0.3, 0.4) is 0 Å². The van der Waals surface area contributed by atoms with Crippen molar-refractivity contribution < 1.29 is 0 Å².